The molecule has 0 fully saturated rings. The molecule has 3 rings (SSSR count). The average molecular weight is 259 g/mol. The molecule has 1 aromatic heterocycles. The normalized spacial score (nSPS) is 13.6. The standard InChI is InChI=1S/C13H13N3O3/c14-4-3-9-6-19-13(15-9)8-1-2-11-10(5-8)16-12(17)7-18-11/h1-2,5-6H,3-4,7,14H2,(H,16,17). The fourth-order valence-corrected chi connectivity index (χ4v) is 1.92. The highest BCUT2D eigenvalue weighted by Gasteiger charge is 2.17. The molecule has 2 aromatic rings. The van der Waals surface area contributed by atoms with Gasteiger partial charge in [0.1, 0.15) is 12.0 Å². The molecule has 98 valence electrons. The summed E-state index contributed by atoms with van der Waals surface area (Å²) in [5.41, 5.74) is 7.70. The second-order valence-electron chi connectivity index (χ2n) is 4.23. The zero-order valence-electron chi connectivity index (χ0n) is 10.2. The van der Waals surface area contributed by atoms with Gasteiger partial charge in [0.15, 0.2) is 6.61 Å². The summed E-state index contributed by atoms with van der Waals surface area (Å²) < 4.78 is 10.7. The van der Waals surface area contributed by atoms with Gasteiger partial charge in [0.2, 0.25) is 5.89 Å². The first-order valence-electron chi connectivity index (χ1n) is 5.98. The molecule has 1 amide bonds. The van der Waals surface area contributed by atoms with Crippen LogP contribution in [0.4, 0.5) is 5.69 Å². The minimum absolute atomic E-state index is 0.0476. The zero-order chi connectivity index (χ0) is 13.2. The molecule has 0 atom stereocenters. The van der Waals surface area contributed by atoms with Gasteiger partial charge in [0.25, 0.3) is 5.91 Å². The molecule has 0 saturated heterocycles. The first-order valence-corrected chi connectivity index (χ1v) is 5.98. The Balaban J connectivity index is 1.92. The van der Waals surface area contributed by atoms with Crippen molar-refractivity contribution in [2.24, 2.45) is 5.73 Å². The van der Waals surface area contributed by atoms with E-state index < -0.39 is 0 Å². The van der Waals surface area contributed by atoms with Crippen LogP contribution in [0, 0.1) is 0 Å². The van der Waals surface area contributed by atoms with Crippen molar-refractivity contribution < 1.29 is 13.9 Å². The van der Waals surface area contributed by atoms with E-state index in [0.29, 0.717) is 30.3 Å². The van der Waals surface area contributed by atoms with E-state index in [1.807, 2.05) is 6.07 Å². The molecular weight excluding hydrogens is 246 g/mol. The van der Waals surface area contributed by atoms with E-state index in [9.17, 15) is 4.79 Å². The number of rotatable bonds is 3. The topological polar surface area (TPSA) is 90.4 Å². The van der Waals surface area contributed by atoms with Crippen LogP contribution < -0.4 is 15.8 Å². The van der Waals surface area contributed by atoms with Gasteiger partial charge < -0.3 is 20.2 Å². The van der Waals surface area contributed by atoms with Crippen LogP contribution in [0.25, 0.3) is 11.5 Å². The number of hydrogen-bond donors (Lipinski definition) is 2. The summed E-state index contributed by atoms with van der Waals surface area (Å²) in [4.78, 5) is 15.6. The number of hydrogen-bond acceptors (Lipinski definition) is 5. The Morgan fingerprint density at radius 1 is 1.42 bits per heavy atom. The molecule has 0 saturated carbocycles. The van der Waals surface area contributed by atoms with Crippen LogP contribution in [0.3, 0.4) is 0 Å². The van der Waals surface area contributed by atoms with E-state index in [1.54, 1.807) is 18.4 Å². The van der Waals surface area contributed by atoms with Crippen molar-refractivity contribution in [3.05, 3.63) is 30.2 Å². The highest BCUT2D eigenvalue weighted by Crippen LogP contribution is 2.32. The largest absolute Gasteiger partial charge is 0.482 e. The second-order valence-corrected chi connectivity index (χ2v) is 4.23. The molecule has 6 nitrogen and oxygen atoms in total. The molecule has 0 bridgehead atoms. The van der Waals surface area contributed by atoms with Crippen LogP contribution in [0.15, 0.2) is 28.9 Å². The van der Waals surface area contributed by atoms with E-state index >= 15 is 0 Å². The fourth-order valence-electron chi connectivity index (χ4n) is 1.92. The molecule has 2 heterocycles. The van der Waals surface area contributed by atoms with Crippen LogP contribution in [-0.4, -0.2) is 24.0 Å². The van der Waals surface area contributed by atoms with Gasteiger partial charge in [0, 0.05) is 12.0 Å². The Morgan fingerprint density at radius 3 is 3.16 bits per heavy atom. The summed E-state index contributed by atoms with van der Waals surface area (Å²) in [7, 11) is 0. The molecule has 19 heavy (non-hydrogen) atoms. The lowest BCUT2D eigenvalue weighted by atomic mass is 10.1. The maximum Gasteiger partial charge on any atom is 0.262 e. The molecule has 0 spiro atoms. The Labute approximate surface area is 109 Å². The number of anilines is 1. The molecule has 0 radical (unpaired) electrons. The van der Waals surface area contributed by atoms with Crippen molar-refractivity contribution in [1.82, 2.24) is 4.98 Å². The van der Waals surface area contributed by atoms with Crippen LogP contribution in [0.5, 0.6) is 5.75 Å². The highest BCUT2D eigenvalue weighted by molar-refractivity contribution is 5.96. The van der Waals surface area contributed by atoms with Gasteiger partial charge >= 0.3 is 0 Å². The lowest BCUT2D eigenvalue weighted by molar-refractivity contribution is -0.118. The van der Waals surface area contributed by atoms with Crippen LogP contribution in [0.2, 0.25) is 0 Å². The van der Waals surface area contributed by atoms with Gasteiger partial charge in [0.05, 0.1) is 11.4 Å². The predicted molar refractivity (Wildman–Crippen MR) is 68.8 cm³/mol. The number of amides is 1. The number of nitrogens with two attached hydrogens (primary N) is 1. The van der Waals surface area contributed by atoms with Crippen molar-refractivity contribution in [3.63, 3.8) is 0 Å². The van der Waals surface area contributed by atoms with E-state index in [2.05, 4.69) is 10.3 Å². The van der Waals surface area contributed by atoms with Crippen molar-refractivity contribution in [3.8, 4) is 17.2 Å². The van der Waals surface area contributed by atoms with Crippen LogP contribution in [-0.2, 0) is 11.2 Å². The van der Waals surface area contributed by atoms with Crippen molar-refractivity contribution in [2.75, 3.05) is 18.5 Å². The number of fused-ring (bicyclic) bond motifs is 1. The van der Waals surface area contributed by atoms with Crippen molar-refractivity contribution in [2.45, 2.75) is 6.42 Å². The third kappa shape index (κ3) is 2.30. The summed E-state index contributed by atoms with van der Waals surface area (Å²) >= 11 is 0. The lowest BCUT2D eigenvalue weighted by Gasteiger charge is -2.17. The Hall–Kier alpha value is -2.34. The van der Waals surface area contributed by atoms with Crippen molar-refractivity contribution >= 4 is 11.6 Å². The summed E-state index contributed by atoms with van der Waals surface area (Å²) in [6, 6.07) is 5.41. The summed E-state index contributed by atoms with van der Waals surface area (Å²) in [5.74, 6) is 0.990. The molecule has 1 aliphatic heterocycles. The molecular formula is C13H13N3O3. The Morgan fingerprint density at radius 2 is 2.32 bits per heavy atom. The molecule has 1 aromatic carbocycles. The molecule has 3 N–H and O–H groups in total. The van der Waals surface area contributed by atoms with Gasteiger partial charge in [-0.25, -0.2) is 4.98 Å². The second kappa shape index (κ2) is 4.74. The SMILES string of the molecule is NCCc1coc(-c2ccc3c(c2)NC(=O)CO3)n1. The number of benzene rings is 1. The average Bonchev–Trinajstić information content (AvgIpc) is 2.87. The minimum Gasteiger partial charge on any atom is -0.482 e. The zero-order valence-corrected chi connectivity index (χ0v) is 10.2. The van der Waals surface area contributed by atoms with Crippen LogP contribution in [0.1, 0.15) is 5.69 Å². The van der Waals surface area contributed by atoms with E-state index in [1.165, 1.54) is 0 Å². The monoisotopic (exact) mass is 259 g/mol. The van der Waals surface area contributed by atoms with E-state index in [4.69, 9.17) is 14.9 Å². The third-order valence-corrected chi connectivity index (χ3v) is 2.81. The lowest BCUT2D eigenvalue weighted by Crippen LogP contribution is -2.25. The smallest absolute Gasteiger partial charge is 0.262 e. The number of oxazole rings is 1. The van der Waals surface area contributed by atoms with Gasteiger partial charge in [-0.05, 0) is 24.7 Å². The van der Waals surface area contributed by atoms with Gasteiger partial charge in [-0.1, -0.05) is 0 Å². The maximum absolute atomic E-state index is 11.3. The molecule has 0 aliphatic carbocycles. The Kier molecular flexibility index (Phi) is 2.92. The van der Waals surface area contributed by atoms with E-state index in [0.717, 1.165) is 11.3 Å². The molecule has 0 unspecified atom stereocenters. The summed E-state index contributed by atoms with van der Waals surface area (Å²) in [5, 5.41) is 2.75. The van der Waals surface area contributed by atoms with Gasteiger partial charge in [-0.3, -0.25) is 4.79 Å². The highest BCUT2D eigenvalue weighted by atomic mass is 16.5. The van der Waals surface area contributed by atoms with Gasteiger partial charge in [-0.15, -0.1) is 0 Å². The van der Waals surface area contributed by atoms with Gasteiger partial charge in [-0.2, -0.15) is 0 Å². The van der Waals surface area contributed by atoms with Crippen molar-refractivity contribution in [1.29, 1.82) is 0 Å². The quantitative estimate of drug-likeness (QED) is 0.863. The van der Waals surface area contributed by atoms with Crippen LogP contribution >= 0.6 is 0 Å². The number of nitrogens with zero attached hydrogens (tertiary/aromatic N) is 1. The molecule has 6 heteroatoms. The van der Waals surface area contributed by atoms with E-state index in [-0.39, 0.29) is 12.5 Å². The maximum atomic E-state index is 11.3. The first kappa shape index (κ1) is 11.7. The number of carbonyl (C=O) groups is 1. The minimum atomic E-state index is -0.166. The summed E-state index contributed by atoms with van der Waals surface area (Å²) in [6.07, 6.45) is 2.27. The predicted octanol–water partition coefficient (Wildman–Crippen LogP) is 1.17. The number of nitrogens with one attached hydrogen (secondary N) is 1. The summed E-state index contributed by atoms with van der Waals surface area (Å²) in [6.45, 7) is 0.575. The third-order valence-electron chi connectivity index (χ3n) is 2.81. The molecule has 1 aliphatic rings. The fraction of sp³-hybridized carbons (Fsp3) is 0.231. The first-order chi connectivity index (χ1) is 9.26. The number of carbonyl (C=O) groups excluding carboxylic acids is 1. The Bertz CT molecular complexity index is 621. The number of ether oxygens (including phenoxy) is 1. The number of aromatic nitrogens is 1.